The van der Waals surface area contributed by atoms with Gasteiger partial charge in [-0.1, -0.05) is 18.0 Å². The first-order valence-corrected chi connectivity index (χ1v) is 13.1. The van der Waals surface area contributed by atoms with Gasteiger partial charge in [-0.3, -0.25) is 14.4 Å². The lowest BCUT2D eigenvalue weighted by molar-refractivity contribution is -0.119. The van der Waals surface area contributed by atoms with Crippen LogP contribution in [0.2, 0.25) is 5.02 Å². The number of amides is 3. The SMILES string of the molecule is O=C(N[C@](I)(CCO)C(=O)Nc1ccc(N2CCCCCC2=O)c(Cl)c1)c1ccc(Br)s1. The van der Waals surface area contributed by atoms with E-state index in [0.717, 1.165) is 23.0 Å². The molecule has 172 valence electrons. The van der Waals surface area contributed by atoms with Gasteiger partial charge in [0.2, 0.25) is 5.91 Å². The van der Waals surface area contributed by atoms with Crippen molar-refractivity contribution in [3.05, 3.63) is 44.0 Å². The monoisotopic (exact) mass is 653 g/mol. The molecule has 32 heavy (non-hydrogen) atoms. The van der Waals surface area contributed by atoms with Crippen LogP contribution in [0.25, 0.3) is 0 Å². The summed E-state index contributed by atoms with van der Waals surface area (Å²) in [6.07, 6.45) is 3.31. The molecule has 1 aromatic carbocycles. The standard InChI is InChI=1S/C21H22BrClIN3O4S/c22-17-8-7-16(32-17)19(30)26-21(24,9-11-28)20(31)25-13-5-6-15(14(23)12-13)27-10-3-1-2-4-18(27)29/h5-8,12,28H,1-4,9-11H2,(H,25,31)(H,26,30)/t21-/m1/s1. The van der Waals surface area contributed by atoms with E-state index in [4.69, 9.17) is 11.6 Å². The molecule has 0 radical (unpaired) electrons. The van der Waals surface area contributed by atoms with Crippen LogP contribution < -0.4 is 15.5 Å². The van der Waals surface area contributed by atoms with E-state index in [1.54, 1.807) is 35.2 Å². The van der Waals surface area contributed by atoms with Gasteiger partial charge in [0, 0.05) is 31.7 Å². The van der Waals surface area contributed by atoms with Crippen molar-refractivity contribution in [2.24, 2.45) is 0 Å². The van der Waals surface area contributed by atoms with E-state index in [2.05, 4.69) is 26.6 Å². The van der Waals surface area contributed by atoms with Crippen molar-refractivity contribution in [2.45, 2.75) is 35.6 Å². The number of carbonyl (C=O) groups excluding carboxylic acids is 3. The maximum Gasteiger partial charge on any atom is 0.262 e. The molecule has 3 rings (SSSR count). The van der Waals surface area contributed by atoms with Crippen LogP contribution in [0.3, 0.4) is 0 Å². The van der Waals surface area contributed by atoms with Gasteiger partial charge in [0.25, 0.3) is 11.8 Å². The van der Waals surface area contributed by atoms with Gasteiger partial charge in [-0.25, -0.2) is 0 Å². The zero-order valence-corrected chi connectivity index (χ0v) is 22.3. The first-order valence-electron chi connectivity index (χ1n) is 10.0. The molecule has 0 aliphatic carbocycles. The number of carbonyl (C=O) groups is 3. The highest BCUT2D eigenvalue weighted by molar-refractivity contribution is 14.1. The van der Waals surface area contributed by atoms with Gasteiger partial charge in [-0.2, -0.15) is 0 Å². The molecule has 0 saturated carbocycles. The molecule has 2 aromatic rings. The lowest BCUT2D eigenvalue weighted by atomic mass is 10.1. The van der Waals surface area contributed by atoms with Crippen LogP contribution in [0.4, 0.5) is 11.4 Å². The molecule has 3 N–H and O–H groups in total. The van der Waals surface area contributed by atoms with Crippen molar-refractivity contribution in [2.75, 3.05) is 23.4 Å². The number of benzene rings is 1. The van der Waals surface area contributed by atoms with Gasteiger partial charge in [-0.05, 0) is 81.7 Å². The average molecular weight is 655 g/mol. The highest BCUT2D eigenvalue weighted by atomic mass is 127. The molecule has 3 amide bonds. The lowest BCUT2D eigenvalue weighted by Crippen LogP contribution is -2.52. The van der Waals surface area contributed by atoms with Crippen molar-refractivity contribution in [3.8, 4) is 0 Å². The Morgan fingerprint density at radius 2 is 2.03 bits per heavy atom. The Kier molecular flexibility index (Phi) is 8.96. The number of thiophene rings is 1. The van der Waals surface area contributed by atoms with Crippen LogP contribution in [0.15, 0.2) is 34.1 Å². The van der Waals surface area contributed by atoms with Crippen LogP contribution in [0.5, 0.6) is 0 Å². The maximum absolute atomic E-state index is 13.0. The third-order valence-electron chi connectivity index (χ3n) is 4.99. The third kappa shape index (κ3) is 6.22. The van der Waals surface area contributed by atoms with E-state index in [9.17, 15) is 19.5 Å². The fourth-order valence-electron chi connectivity index (χ4n) is 3.34. The summed E-state index contributed by atoms with van der Waals surface area (Å²) < 4.78 is -0.572. The number of hydrogen-bond acceptors (Lipinski definition) is 5. The number of aliphatic hydroxyl groups excluding tert-OH is 1. The molecular weight excluding hydrogens is 633 g/mol. The largest absolute Gasteiger partial charge is 0.396 e. The van der Waals surface area contributed by atoms with Crippen molar-refractivity contribution < 1.29 is 19.5 Å². The second-order valence-corrected chi connectivity index (χ2v) is 12.0. The lowest BCUT2D eigenvalue weighted by Gasteiger charge is -2.27. The minimum absolute atomic E-state index is 0.0196. The molecule has 1 aliphatic rings. The molecule has 1 saturated heterocycles. The quantitative estimate of drug-likeness (QED) is 0.224. The molecule has 1 fully saturated rings. The number of nitrogens with one attached hydrogen (secondary N) is 2. The van der Waals surface area contributed by atoms with Crippen LogP contribution >= 0.6 is 61.5 Å². The Balaban J connectivity index is 1.75. The fraction of sp³-hybridized carbons (Fsp3) is 0.381. The number of rotatable bonds is 7. The van der Waals surface area contributed by atoms with Crippen molar-refractivity contribution in [1.82, 2.24) is 5.32 Å². The highest BCUT2D eigenvalue weighted by Crippen LogP contribution is 2.32. The number of anilines is 2. The summed E-state index contributed by atoms with van der Waals surface area (Å²) in [4.78, 5) is 40.1. The Morgan fingerprint density at radius 1 is 1.25 bits per heavy atom. The summed E-state index contributed by atoms with van der Waals surface area (Å²) in [7, 11) is 0. The van der Waals surface area contributed by atoms with Gasteiger partial charge in [0.15, 0.2) is 3.55 Å². The van der Waals surface area contributed by atoms with Crippen LogP contribution in [-0.2, 0) is 9.59 Å². The molecule has 2 heterocycles. The van der Waals surface area contributed by atoms with E-state index in [0.29, 0.717) is 34.2 Å². The van der Waals surface area contributed by atoms with Gasteiger partial charge in [-0.15, -0.1) is 11.3 Å². The molecule has 0 bridgehead atoms. The first-order chi connectivity index (χ1) is 15.2. The number of alkyl halides is 1. The van der Waals surface area contributed by atoms with E-state index < -0.39 is 15.4 Å². The topological polar surface area (TPSA) is 98.7 Å². The predicted molar refractivity (Wildman–Crippen MR) is 139 cm³/mol. The Labute approximate surface area is 217 Å². The maximum atomic E-state index is 13.0. The predicted octanol–water partition coefficient (Wildman–Crippen LogP) is 4.95. The molecule has 11 heteroatoms. The molecule has 1 atom stereocenters. The smallest absolute Gasteiger partial charge is 0.262 e. The van der Waals surface area contributed by atoms with Crippen molar-refractivity contribution >= 4 is 90.6 Å². The molecule has 7 nitrogen and oxygen atoms in total. The van der Waals surface area contributed by atoms with Crippen LogP contribution in [0.1, 0.15) is 41.8 Å². The summed E-state index contributed by atoms with van der Waals surface area (Å²) in [6, 6.07) is 8.37. The minimum atomic E-state index is -1.37. The van der Waals surface area contributed by atoms with Crippen LogP contribution in [0, 0.1) is 0 Å². The summed E-state index contributed by atoms with van der Waals surface area (Å²) in [5.41, 5.74) is 1.04. The Bertz CT molecular complexity index is 1020. The van der Waals surface area contributed by atoms with Gasteiger partial charge >= 0.3 is 0 Å². The molecule has 0 unspecified atom stereocenters. The number of nitrogens with zero attached hydrogens (tertiary/aromatic N) is 1. The van der Waals surface area contributed by atoms with E-state index in [1.807, 2.05) is 22.6 Å². The number of aliphatic hydroxyl groups is 1. The molecule has 1 aromatic heterocycles. The highest BCUT2D eigenvalue weighted by Gasteiger charge is 2.37. The summed E-state index contributed by atoms with van der Waals surface area (Å²) in [6.45, 7) is 0.323. The van der Waals surface area contributed by atoms with Crippen molar-refractivity contribution in [1.29, 1.82) is 0 Å². The Hall–Kier alpha value is -1.21. The molecule has 1 aliphatic heterocycles. The number of halogens is 3. The zero-order chi connectivity index (χ0) is 23.3. The Morgan fingerprint density at radius 3 is 2.69 bits per heavy atom. The van der Waals surface area contributed by atoms with Crippen LogP contribution in [-0.4, -0.2) is 39.5 Å². The van der Waals surface area contributed by atoms with E-state index in [-0.39, 0.29) is 18.9 Å². The number of hydrogen-bond donors (Lipinski definition) is 3. The first kappa shape index (κ1) is 25.4. The van der Waals surface area contributed by atoms with E-state index >= 15 is 0 Å². The van der Waals surface area contributed by atoms with Gasteiger partial charge in [0.1, 0.15) is 0 Å². The van der Waals surface area contributed by atoms with Gasteiger partial charge < -0.3 is 20.6 Å². The summed E-state index contributed by atoms with van der Waals surface area (Å²) >= 11 is 12.8. The van der Waals surface area contributed by atoms with E-state index in [1.165, 1.54) is 11.3 Å². The molecular formula is C21H22BrClIN3O4S. The molecule has 0 spiro atoms. The zero-order valence-electron chi connectivity index (χ0n) is 17.0. The average Bonchev–Trinajstić information content (AvgIpc) is 3.07. The van der Waals surface area contributed by atoms with Gasteiger partial charge in [0.05, 0.1) is 19.4 Å². The summed E-state index contributed by atoms with van der Waals surface area (Å²) in [5.74, 6) is -0.865. The second kappa shape index (κ2) is 11.3. The third-order valence-corrected chi connectivity index (χ3v) is 8.22. The minimum Gasteiger partial charge on any atom is -0.396 e. The normalized spacial score (nSPS) is 16.2. The summed E-state index contributed by atoms with van der Waals surface area (Å²) in [5, 5.41) is 15.3. The second-order valence-electron chi connectivity index (χ2n) is 7.31. The van der Waals surface area contributed by atoms with Crippen molar-refractivity contribution in [3.63, 3.8) is 0 Å². The fourth-order valence-corrected chi connectivity index (χ4v) is 5.52.